The largest absolute Gasteiger partial charge is 0.306 e. The molecule has 2 nitrogen and oxygen atoms in total. The molecule has 0 aliphatic carbocycles. The van der Waals surface area contributed by atoms with E-state index in [0.717, 1.165) is 12.2 Å². The maximum absolute atomic E-state index is 10.9. The molecule has 1 fully saturated rings. The first kappa shape index (κ1) is 6.28. The fourth-order valence-electron chi connectivity index (χ4n) is 1.20. The van der Waals surface area contributed by atoms with E-state index in [9.17, 15) is 4.79 Å². The van der Waals surface area contributed by atoms with Gasteiger partial charge in [-0.2, -0.15) is 0 Å². The molecule has 0 aromatic carbocycles. The van der Waals surface area contributed by atoms with Crippen LogP contribution in [0, 0.1) is 0 Å². The van der Waals surface area contributed by atoms with E-state index in [2.05, 4.69) is 6.92 Å². The zero-order valence-corrected chi connectivity index (χ0v) is 6.65. The highest BCUT2D eigenvalue weighted by atomic mass is 32.2. The van der Waals surface area contributed by atoms with Gasteiger partial charge in [0.15, 0.2) is 0 Å². The molecule has 10 heavy (non-hydrogen) atoms. The first-order chi connectivity index (χ1) is 4.77. The van der Waals surface area contributed by atoms with Crippen LogP contribution < -0.4 is 0 Å². The molecule has 0 aromatic heterocycles. The molecule has 0 saturated carbocycles. The topological polar surface area (TPSA) is 20.3 Å². The van der Waals surface area contributed by atoms with Crippen LogP contribution in [0.25, 0.3) is 0 Å². The molecule has 1 amide bonds. The number of hydrogen-bond acceptors (Lipinski definition) is 2. The van der Waals surface area contributed by atoms with E-state index in [1.807, 2.05) is 22.9 Å². The van der Waals surface area contributed by atoms with E-state index >= 15 is 0 Å². The van der Waals surface area contributed by atoms with Crippen molar-refractivity contribution in [2.24, 2.45) is 0 Å². The van der Waals surface area contributed by atoms with Gasteiger partial charge in [-0.25, -0.2) is 0 Å². The van der Waals surface area contributed by atoms with Crippen molar-refractivity contribution in [3.63, 3.8) is 0 Å². The van der Waals surface area contributed by atoms with Crippen molar-refractivity contribution in [2.45, 2.75) is 18.7 Å². The fourth-order valence-corrected chi connectivity index (χ4v) is 2.33. The van der Waals surface area contributed by atoms with Crippen molar-refractivity contribution >= 4 is 17.7 Å². The van der Waals surface area contributed by atoms with Crippen molar-refractivity contribution < 1.29 is 4.79 Å². The number of carbonyl (C=O) groups is 1. The van der Waals surface area contributed by atoms with Crippen molar-refractivity contribution in [3.8, 4) is 0 Å². The average molecular weight is 155 g/mol. The Labute approximate surface area is 64.3 Å². The van der Waals surface area contributed by atoms with Crippen LogP contribution in [0.4, 0.5) is 0 Å². The van der Waals surface area contributed by atoms with E-state index in [4.69, 9.17) is 0 Å². The predicted molar refractivity (Wildman–Crippen MR) is 41.5 cm³/mol. The molecule has 0 unspecified atom stereocenters. The normalized spacial score (nSPS) is 30.9. The highest BCUT2D eigenvalue weighted by Crippen LogP contribution is 2.34. The predicted octanol–water partition coefficient (Wildman–Crippen LogP) is 1.20. The molecule has 2 heterocycles. The Hall–Kier alpha value is -0.440. The Balaban J connectivity index is 2.18. The molecule has 3 heteroatoms. The first-order valence-corrected chi connectivity index (χ1v) is 4.42. The zero-order valence-electron chi connectivity index (χ0n) is 5.83. The number of β-lactam (4-membered cyclic amide) rings is 1. The second-order valence-corrected chi connectivity index (χ2v) is 3.91. The number of amides is 1. The van der Waals surface area contributed by atoms with Gasteiger partial charge in [0.25, 0.3) is 0 Å². The highest BCUT2D eigenvalue weighted by Gasteiger charge is 2.36. The van der Waals surface area contributed by atoms with Crippen molar-refractivity contribution in [3.05, 3.63) is 11.8 Å². The monoisotopic (exact) mass is 155 g/mol. The third-order valence-corrected chi connectivity index (χ3v) is 3.21. The van der Waals surface area contributed by atoms with E-state index < -0.39 is 0 Å². The van der Waals surface area contributed by atoms with Gasteiger partial charge in [0, 0.05) is 12.0 Å². The van der Waals surface area contributed by atoms with Crippen molar-refractivity contribution in [2.75, 3.05) is 5.75 Å². The molecule has 0 radical (unpaired) electrons. The van der Waals surface area contributed by atoms with Gasteiger partial charge in [0.05, 0.1) is 11.8 Å². The van der Waals surface area contributed by atoms with Crippen LogP contribution in [0.15, 0.2) is 11.8 Å². The summed E-state index contributed by atoms with van der Waals surface area (Å²) in [6.45, 7) is 2.06. The number of fused-ring (bicyclic) bond motifs is 1. The van der Waals surface area contributed by atoms with E-state index in [1.165, 1.54) is 5.57 Å². The summed E-state index contributed by atoms with van der Waals surface area (Å²) in [5.41, 5.74) is 1.30. The van der Waals surface area contributed by atoms with Crippen LogP contribution in [-0.2, 0) is 4.79 Å². The summed E-state index contributed by atoms with van der Waals surface area (Å²) in [6, 6.07) is 0. The van der Waals surface area contributed by atoms with Crippen LogP contribution in [0.5, 0.6) is 0 Å². The summed E-state index contributed by atoms with van der Waals surface area (Å²) in [6.07, 6.45) is 2.72. The summed E-state index contributed by atoms with van der Waals surface area (Å²) >= 11 is 1.86. The summed E-state index contributed by atoms with van der Waals surface area (Å²) in [5.74, 6) is 1.37. The molecule has 1 atom stereocenters. The third kappa shape index (κ3) is 0.770. The fraction of sp³-hybridized carbons (Fsp3) is 0.571. The second kappa shape index (κ2) is 2.02. The Morgan fingerprint density at radius 3 is 3.20 bits per heavy atom. The van der Waals surface area contributed by atoms with Gasteiger partial charge in [-0.1, -0.05) is 0 Å². The highest BCUT2D eigenvalue weighted by molar-refractivity contribution is 8.00. The van der Waals surface area contributed by atoms with Crippen molar-refractivity contribution in [1.82, 2.24) is 4.90 Å². The third-order valence-electron chi connectivity index (χ3n) is 1.81. The van der Waals surface area contributed by atoms with Crippen LogP contribution in [-0.4, -0.2) is 21.9 Å². The Bertz CT molecular complexity index is 212. The molecule has 2 aliphatic rings. The smallest absolute Gasteiger partial charge is 0.230 e. The minimum absolute atomic E-state index is 0.275. The van der Waals surface area contributed by atoms with Gasteiger partial charge in [0.1, 0.15) is 0 Å². The average Bonchev–Trinajstić information content (AvgIpc) is 1.92. The van der Waals surface area contributed by atoms with Crippen molar-refractivity contribution in [1.29, 1.82) is 0 Å². The van der Waals surface area contributed by atoms with Crippen LogP contribution >= 0.6 is 11.8 Å². The number of nitrogens with zero attached hydrogens (tertiary/aromatic N) is 1. The van der Waals surface area contributed by atoms with Crippen LogP contribution in [0.3, 0.4) is 0 Å². The van der Waals surface area contributed by atoms with Crippen LogP contribution in [0.2, 0.25) is 0 Å². The lowest BCUT2D eigenvalue weighted by Gasteiger charge is -2.40. The maximum Gasteiger partial charge on any atom is 0.230 e. The second-order valence-electron chi connectivity index (χ2n) is 2.75. The minimum atomic E-state index is 0.275. The molecule has 2 rings (SSSR count). The molecule has 54 valence electrons. The minimum Gasteiger partial charge on any atom is -0.306 e. The standard InChI is InChI=1S/C7H9NOS/c1-5-3-8-6(9)2-7(8)10-4-5/h3,7H,2,4H2,1H3/t7-/m1/s1. The molecule has 2 aliphatic heterocycles. The molecule has 0 bridgehead atoms. The van der Waals surface area contributed by atoms with Gasteiger partial charge in [-0.15, -0.1) is 11.8 Å². The van der Waals surface area contributed by atoms with Gasteiger partial charge >= 0.3 is 0 Å². The lowest BCUT2D eigenvalue weighted by molar-refractivity contribution is -0.137. The lowest BCUT2D eigenvalue weighted by Crippen LogP contribution is -2.48. The Morgan fingerprint density at radius 2 is 2.60 bits per heavy atom. The van der Waals surface area contributed by atoms with E-state index in [1.54, 1.807) is 0 Å². The molecule has 0 aromatic rings. The summed E-state index contributed by atoms with van der Waals surface area (Å²) < 4.78 is 0. The number of carbonyl (C=O) groups excluding carboxylic acids is 1. The Morgan fingerprint density at radius 1 is 1.80 bits per heavy atom. The van der Waals surface area contributed by atoms with Gasteiger partial charge in [-0.05, 0) is 12.5 Å². The molecule has 0 N–H and O–H groups in total. The molecular formula is C7H9NOS. The summed E-state index contributed by atoms with van der Waals surface area (Å²) in [5, 5.41) is 0.469. The quantitative estimate of drug-likeness (QED) is 0.490. The molecule has 0 spiro atoms. The zero-order chi connectivity index (χ0) is 7.14. The van der Waals surface area contributed by atoms with Crippen LogP contribution in [0.1, 0.15) is 13.3 Å². The SMILES string of the molecule is CC1=CN2C(=O)C[C@H]2SC1. The Kier molecular flexibility index (Phi) is 1.27. The van der Waals surface area contributed by atoms with Gasteiger partial charge < -0.3 is 4.90 Å². The van der Waals surface area contributed by atoms with E-state index in [0.29, 0.717) is 5.37 Å². The van der Waals surface area contributed by atoms with E-state index in [-0.39, 0.29) is 5.91 Å². The maximum atomic E-state index is 10.9. The first-order valence-electron chi connectivity index (χ1n) is 3.37. The van der Waals surface area contributed by atoms with Gasteiger partial charge in [-0.3, -0.25) is 4.79 Å². The number of hydrogen-bond donors (Lipinski definition) is 0. The van der Waals surface area contributed by atoms with Gasteiger partial charge in [0.2, 0.25) is 5.91 Å². The molecular weight excluding hydrogens is 146 g/mol. The molecule has 1 saturated heterocycles. The number of thioether (sulfide) groups is 1. The number of rotatable bonds is 0. The summed E-state index contributed by atoms with van der Waals surface area (Å²) in [7, 11) is 0. The lowest BCUT2D eigenvalue weighted by atomic mass is 10.2. The summed E-state index contributed by atoms with van der Waals surface area (Å²) in [4.78, 5) is 12.7.